The van der Waals surface area contributed by atoms with Crippen molar-refractivity contribution < 1.29 is 91.3 Å². The lowest BCUT2D eigenvalue weighted by atomic mass is 9.89. The third-order valence-corrected chi connectivity index (χ3v) is 15.7. The summed E-state index contributed by atoms with van der Waals surface area (Å²) in [7, 11) is 7.63. The molecule has 0 aromatic heterocycles. The van der Waals surface area contributed by atoms with Crippen LogP contribution in [0.2, 0.25) is 10.0 Å². The number of nitrogens with two attached hydrogens (primary N) is 1. The highest BCUT2D eigenvalue weighted by Gasteiger charge is 2.43. The number of esters is 1. The Bertz CT molecular complexity index is 3750. The molecular formula is C63H70Cl2N8O19. The molecule has 5 aromatic carbocycles. The van der Waals surface area contributed by atoms with Crippen molar-refractivity contribution in [2.75, 3.05) is 42.6 Å². The van der Waals surface area contributed by atoms with Crippen LogP contribution in [0.25, 0.3) is 11.1 Å². The average molecular weight is 1310 g/mol. The van der Waals surface area contributed by atoms with Crippen molar-refractivity contribution in [3.05, 3.63) is 117 Å². The number of nitrogens with one attached hydrogen (secondary N) is 6. The van der Waals surface area contributed by atoms with Crippen molar-refractivity contribution in [1.82, 2.24) is 36.8 Å². The maximum absolute atomic E-state index is 15.8. The van der Waals surface area contributed by atoms with Crippen LogP contribution in [0.5, 0.6) is 46.0 Å². The minimum absolute atomic E-state index is 0.00512. The van der Waals surface area contributed by atoms with Crippen molar-refractivity contribution in [2.45, 2.75) is 108 Å². The molecular weight excluding hydrogens is 1240 g/mol. The molecule has 5 aliphatic rings. The first kappa shape index (κ1) is 68.3. The number of aliphatic hydroxyl groups excluding tert-OH is 2. The maximum Gasteiger partial charge on any atom is 0.410 e. The van der Waals surface area contributed by atoms with Gasteiger partial charge in [-0.1, -0.05) is 55.2 Å². The lowest BCUT2D eigenvalue weighted by Gasteiger charge is -2.33. The zero-order valence-electron chi connectivity index (χ0n) is 51.8. The van der Waals surface area contributed by atoms with Gasteiger partial charge in [0, 0.05) is 29.8 Å². The third-order valence-electron chi connectivity index (χ3n) is 15.1. The normalized spacial score (nSPS) is 21.0. The smallest absolute Gasteiger partial charge is 0.410 e. The summed E-state index contributed by atoms with van der Waals surface area (Å²) in [4.78, 5) is 133. The first-order chi connectivity index (χ1) is 43.5. The highest BCUT2D eigenvalue weighted by Crippen LogP contribution is 2.48. The number of primary amides is 1. The van der Waals surface area contributed by atoms with Crippen molar-refractivity contribution in [2.24, 2.45) is 11.7 Å². The van der Waals surface area contributed by atoms with Gasteiger partial charge >= 0.3 is 12.1 Å². The fraction of sp³-hybridized carbons (Fsp3) is 0.381. The fourth-order valence-corrected chi connectivity index (χ4v) is 11.0. The van der Waals surface area contributed by atoms with E-state index in [0.29, 0.717) is 0 Å². The number of likely N-dealkylation sites (N-methyl/N-ethyl adjacent to an activating group) is 1. The summed E-state index contributed by atoms with van der Waals surface area (Å²) in [5.74, 6) is -10.3. The Morgan fingerprint density at radius 3 is 1.77 bits per heavy atom. The van der Waals surface area contributed by atoms with Gasteiger partial charge < -0.3 is 85.7 Å². The molecule has 5 aromatic rings. The molecule has 11 bridgehead atoms. The second-order valence-electron chi connectivity index (χ2n) is 23.1. The van der Waals surface area contributed by atoms with Gasteiger partial charge in [-0.05, 0) is 110 Å². The number of benzene rings is 5. The van der Waals surface area contributed by atoms with E-state index in [-0.39, 0.29) is 107 Å². The molecule has 0 fully saturated rings. The van der Waals surface area contributed by atoms with Gasteiger partial charge in [-0.15, -0.1) is 0 Å². The van der Waals surface area contributed by atoms with E-state index in [1.807, 2.05) is 0 Å². The van der Waals surface area contributed by atoms with Crippen LogP contribution in [0.1, 0.15) is 106 Å². The number of halogens is 2. The lowest BCUT2D eigenvalue weighted by Crippen LogP contribution is -2.59. The molecule has 5 heterocycles. The minimum atomic E-state index is -2.09. The van der Waals surface area contributed by atoms with Crippen LogP contribution >= 0.6 is 23.2 Å². The number of carbonyl (C=O) groups excluding carboxylic acids is 9. The number of hydrogen-bond acceptors (Lipinski definition) is 19. The predicted octanol–water partition coefficient (Wildman–Crippen LogP) is 5.34. The Hall–Kier alpha value is -9.57. The SMILES string of the molecule is COC(=O)[C@H]1NC(=O)[C@H]2NC(=O)[C@H](NC(=O)[C@@H]3NC(=O)[C@H](CC(N)=O)NC(=O)[C@H](NC(=O)[C@@H](CC(C)C)N(C)C(=O)OC(C)(C)C)[C@H](O)c4ccc(c(Cl)c4)Oc4cc3cc(c4OC)Oc3ccc(cc3Cl)[C@H]2O)c2ccc(OC)c(c2)-c2c(OC)cc(OC)cc21. The molecule has 0 aliphatic carbocycles. The Balaban J connectivity index is 1.37. The Morgan fingerprint density at radius 2 is 1.23 bits per heavy atom. The van der Waals surface area contributed by atoms with E-state index >= 15 is 19.2 Å². The van der Waals surface area contributed by atoms with E-state index in [1.54, 1.807) is 34.6 Å². The van der Waals surface area contributed by atoms with Gasteiger partial charge in [0.1, 0.15) is 82.8 Å². The summed E-state index contributed by atoms with van der Waals surface area (Å²) in [6, 6.07) is 4.02. The number of rotatable bonds is 12. The van der Waals surface area contributed by atoms with Gasteiger partial charge in [-0.2, -0.15) is 0 Å². The van der Waals surface area contributed by atoms with Crippen LogP contribution in [-0.2, 0) is 47.8 Å². The van der Waals surface area contributed by atoms with Gasteiger partial charge in [0.25, 0.3) is 0 Å². The number of ether oxygens (including phenoxy) is 8. The van der Waals surface area contributed by atoms with E-state index in [0.717, 1.165) is 12.0 Å². The Kier molecular flexibility index (Phi) is 21.0. The standard InChI is InChI=1S/C63H70Cl2N8O19/c1-27(2)18-38(73(6)62(84)92-63(3,4)5)56(78)71-50-52(75)29-13-16-40(35(64)20-29)90-43-22-31-23-44(54(43)88-10)91-41-17-14-30(21-36(41)65)53(76)51-60(82)70-49(61(83)89-11)34-24-32(85-7)25-42(87-9)46(34)33-19-28(12-15-39(33)86-8)47(57(79)72-51)69-58(80)48(31)68-55(77)37(26-45(66)74)67-59(50)81/h12-17,19-25,27,37-38,47-53,75-76H,18,26H2,1-11H3,(H2,66,74)(H,67,81)(H,68,77)(H,69,80)(H,70,82)(H,71,78)(H,72,79)/t37-,38+,47+,48+,49-,50+,51-,52+,53+/m0/s1. The molecule has 0 radical (unpaired) electrons. The highest BCUT2D eigenvalue weighted by atomic mass is 35.5. The van der Waals surface area contributed by atoms with Gasteiger partial charge in [-0.3, -0.25) is 38.5 Å². The van der Waals surface area contributed by atoms with Gasteiger partial charge in [0.2, 0.25) is 47.1 Å². The molecule has 5 aliphatic heterocycles. The second kappa shape index (κ2) is 28.3. The molecule has 0 saturated heterocycles. The molecule has 29 heteroatoms. The maximum atomic E-state index is 15.8. The molecule has 8 amide bonds. The Labute approximate surface area is 538 Å². The number of methoxy groups -OCH3 is 5. The minimum Gasteiger partial charge on any atom is -0.497 e. The fourth-order valence-electron chi connectivity index (χ4n) is 10.6. The zero-order valence-corrected chi connectivity index (χ0v) is 53.3. The molecule has 92 heavy (non-hydrogen) atoms. The number of fused-ring (bicyclic) bond motifs is 15. The number of nitrogens with zero attached hydrogens (tertiary/aromatic N) is 1. The summed E-state index contributed by atoms with van der Waals surface area (Å²) in [5, 5.41) is 39.5. The third kappa shape index (κ3) is 14.9. The zero-order chi connectivity index (χ0) is 67.4. The molecule has 0 saturated carbocycles. The van der Waals surface area contributed by atoms with Crippen LogP contribution in [0.3, 0.4) is 0 Å². The molecule has 490 valence electrons. The van der Waals surface area contributed by atoms with Crippen molar-refractivity contribution in [3.8, 4) is 57.1 Å². The van der Waals surface area contributed by atoms with E-state index in [9.17, 15) is 34.2 Å². The number of amides is 8. The molecule has 10 rings (SSSR count). The van der Waals surface area contributed by atoms with E-state index in [2.05, 4.69) is 31.9 Å². The highest BCUT2D eigenvalue weighted by molar-refractivity contribution is 6.32. The molecule has 0 unspecified atom stereocenters. The van der Waals surface area contributed by atoms with Crippen LogP contribution in [0.15, 0.2) is 78.9 Å². The second-order valence-corrected chi connectivity index (χ2v) is 23.9. The number of aliphatic hydroxyl groups is 2. The monoisotopic (exact) mass is 1310 g/mol. The van der Waals surface area contributed by atoms with Crippen LogP contribution < -0.4 is 66.1 Å². The Morgan fingerprint density at radius 1 is 0.652 bits per heavy atom. The van der Waals surface area contributed by atoms with Gasteiger partial charge in [0.15, 0.2) is 17.5 Å². The van der Waals surface area contributed by atoms with E-state index in [1.165, 1.54) is 114 Å². The average Bonchev–Trinajstić information content (AvgIpc) is 0.809. The summed E-state index contributed by atoms with van der Waals surface area (Å²) < 4.78 is 46.9. The molecule has 0 spiro atoms. The van der Waals surface area contributed by atoms with E-state index in [4.69, 9.17) is 66.8 Å². The van der Waals surface area contributed by atoms with E-state index < -0.39 is 120 Å². The first-order valence-electron chi connectivity index (χ1n) is 28.6. The van der Waals surface area contributed by atoms with Crippen LogP contribution in [0, 0.1) is 5.92 Å². The summed E-state index contributed by atoms with van der Waals surface area (Å²) in [6.45, 7) is 8.43. The quantitative estimate of drug-likeness (QED) is 0.0711. The van der Waals surface area contributed by atoms with Crippen LogP contribution in [0.4, 0.5) is 4.79 Å². The van der Waals surface area contributed by atoms with Crippen molar-refractivity contribution in [3.63, 3.8) is 0 Å². The summed E-state index contributed by atoms with van der Waals surface area (Å²) in [6.07, 6.45) is -5.89. The molecule has 9 atom stereocenters. The molecule has 10 N–H and O–H groups in total. The first-order valence-corrected chi connectivity index (χ1v) is 29.4. The molecule has 27 nitrogen and oxygen atoms in total. The summed E-state index contributed by atoms with van der Waals surface area (Å²) >= 11 is 13.9. The summed E-state index contributed by atoms with van der Waals surface area (Å²) in [5.41, 5.74) is 4.51. The van der Waals surface area contributed by atoms with Gasteiger partial charge in [-0.25, -0.2) is 9.59 Å². The van der Waals surface area contributed by atoms with Crippen molar-refractivity contribution >= 4 is 76.6 Å². The predicted molar refractivity (Wildman–Crippen MR) is 329 cm³/mol. The number of hydrogen-bond donors (Lipinski definition) is 9. The van der Waals surface area contributed by atoms with Crippen LogP contribution in [-0.4, -0.2) is 141 Å². The largest absolute Gasteiger partial charge is 0.497 e. The lowest BCUT2D eigenvalue weighted by molar-refractivity contribution is -0.146. The van der Waals surface area contributed by atoms with Gasteiger partial charge in [0.05, 0.1) is 52.0 Å². The topological polar surface area (TPSA) is 369 Å². The number of carbonyl (C=O) groups is 9. The van der Waals surface area contributed by atoms with Crippen molar-refractivity contribution in [1.29, 1.82) is 0 Å².